The Labute approximate surface area is 123 Å². The Balaban J connectivity index is 2.23. The van der Waals surface area contributed by atoms with Gasteiger partial charge in [0.25, 0.3) is 0 Å². The van der Waals surface area contributed by atoms with Crippen molar-refractivity contribution >= 4 is 6.03 Å². The van der Waals surface area contributed by atoms with E-state index in [0.717, 1.165) is 12.8 Å². The SMILES string of the molecule is CCCCC1CCCC1NC(=O)NCC(C)CC(C)O. The molecule has 0 heterocycles. The van der Waals surface area contributed by atoms with E-state index in [4.69, 9.17) is 0 Å². The van der Waals surface area contributed by atoms with E-state index < -0.39 is 0 Å². The van der Waals surface area contributed by atoms with Gasteiger partial charge in [-0.1, -0.05) is 33.1 Å². The number of hydrogen-bond donors (Lipinski definition) is 3. The summed E-state index contributed by atoms with van der Waals surface area (Å²) in [5.41, 5.74) is 0. The molecule has 0 aromatic rings. The molecule has 1 aliphatic carbocycles. The second-order valence-corrected chi connectivity index (χ2v) is 6.48. The summed E-state index contributed by atoms with van der Waals surface area (Å²) < 4.78 is 0. The molecule has 1 saturated carbocycles. The summed E-state index contributed by atoms with van der Waals surface area (Å²) in [6.45, 7) is 6.68. The first-order valence-corrected chi connectivity index (χ1v) is 8.25. The first-order valence-electron chi connectivity index (χ1n) is 8.25. The molecule has 4 nitrogen and oxygen atoms in total. The van der Waals surface area contributed by atoms with Crippen molar-refractivity contribution in [3.8, 4) is 0 Å². The van der Waals surface area contributed by atoms with Gasteiger partial charge in [0.05, 0.1) is 6.10 Å². The largest absolute Gasteiger partial charge is 0.393 e. The van der Waals surface area contributed by atoms with Crippen LogP contribution >= 0.6 is 0 Å². The third kappa shape index (κ3) is 6.60. The molecule has 4 heteroatoms. The Morgan fingerprint density at radius 2 is 2.10 bits per heavy atom. The van der Waals surface area contributed by atoms with Gasteiger partial charge >= 0.3 is 6.03 Å². The number of aliphatic hydroxyl groups excluding tert-OH is 1. The zero-order valence-corrected chi connectivity index (χ0v) is 13.3. The van der Waals surface area contributed by atoms with Crippen LogP contribution in [0.1, 0.15) is 65.7 Å². The van der Waals surface area contributed by atoms with E-state index in [1.54, 1.807) is 6.92 Å². The first-order chi connectivity index (χ1) is 9.52. The number of hydrogen-bond acceptors (Lipinski definition) is 2. The Hall–Kier alpha value is -0.770. The van der Waals surface area contributed by atoms with E-state index in [9.17, 15) is 9.90 Å². The highest BCUT2D eigenvalue weighted by atomic mass is 16.3. The van der Waals surface area contributed by atoms with Crippen molar-refractivity contribution in [2.45, 2.75) is 77.9 Å². The van der Waals surface area contributed by atoms with Gasteiger partial charge in [-0.15, -0.1) is 0 Å². The van der Waals surface area contributed by atoms with Crippen LogP contribution in [0, 0.1) is 11.8 Å². The van der Waals surface area contributed by atoms with E-state index in [0.29, 0.717) is 24.4 Å². The van der Waals surface area contributed by atoms with Crippen molar-refractivity contribution in [3.63, 3.8) is 0 Å². The summed E-state index contributed by atoms with van der Waals surface area (Å²) in [5, 5.41) is 15.4. The monoisotopic (exact) mass is 284 g/mol. The molecule has 0 radical (unpaired) electrons. The number of rotatable bonds is 8. The van der Waals surface area contributed by atoms with E-state index in [1.165, 1.54) is 32.1 Å². The maximum absolute atomic E-state index is 11.9. The number of carbonyl (C=O) groups is 1. The van der Waals surface area contributed by atoms with E-state index in [2.05, 4.69) is 17.6 Å². The highest BCUT2D eigenvalue weighted by Gasteiger charge is 2.27. The van der Waals surface area contributed by atoms with Crippen LogP contribution in [0.2, 0.25) is 0 Å². The molecule has 3 N–H and O–H groups in total. The molecule has 0 aromatic carbocycles. The Morgan fingerprint density at radius 1 is 1.35 bits per heavy atom. The summed E-state index contributed by atoms with van der Waals surface area (Å²) in [5.74, 6) is 0.968. The molecule has 0 saturated heterocycles. The lowest BCUT2D eigenvalue weighted by atomic mass is 9.97. The average Bonchev–Trinajstić information content (AvgIpc) is 2.80. The fourth-order valence-corrected chi connectivity index (χ4v) is 3.19. The number of carbonyl (C=O) groups excluding carboxylic acids is 1. The molecule has 4 unspecified atom stereocenters. The van der Waals surface area contributed by atoms with E-state index in [-0.39, 0.29) is 12.1 Å². The van der Waals surface area contributed by atoms with Gasteiger partial charge in [0.1, 0.15) is 0 Å². The average molecular weight is 284 g/mol. The number of nitrogens with one attached hydrogen (secondary N) is 2. The van der Waals surface area contributed by atoms with Gasteiger partial charge in [-0.2, -0.15) is 0 Å². The fraction of sp³-hybridized carbons (Fsp3) is 0.938. The van der Waals surface area contributed by atoms with Crippen LogP contribution in [-0.2, 0) is 0 Å². The molecule has 0 aromatic heterocycles. The molecule has 0 spiro atoms. The van der Waals surface area contributed by atoms with Gasteiger partial charge in [0.2, 0.25) is 0 Å². The van der Waals surface area contributed by atoms with Gasteiger partial charge < -0.3 is 15.7 Å². The van der Waals surface area contributed by atoms with Crippen LogP contribution < -0.4 is 10.6 Å². The highest BCUT2D eigenvalue weighted by Crippen LogP contribution is 2.29. The zero-order valence-electron chi connectivity index (χ0n) is 13.3. The molecule has 1 fully saturated rings. The maximum Gasteiger partial charge on any atom is 0.315 e. The first kappa shape index (κ1) is 17.3. The molecular formula is C16H32N2O2. The van der Waals surface area contributed by atoms with E-state index >= 15 is 0 Å². The van der Waals surface area contributed by atoms with Crippen molar-refractivity contribution in [1.82, 2.24) is 10.6 Å². The minimum atomic E-state index is -0.303. The van der Waals surface area contributed by atoms with Crippen molar-refractivity contribution in [2.24, 2.45) is 11.8 Å². The van der Waals surface area contributed by atoms with Crippen molar-refractivity contribution in [2.75, 3.05) is 6.54 Å². The van der Waals surface area contributed by atoms with E-state index in [1.807, 2.05) is 6.92 Å². The minimum Gasteiger partial charge on any atom is -0.393 e. The third-order valence-electron chi connectivity index (χ3n) is 4.26. The van der Waals surface area contributed by atoms with Gasteiger partial charge in [-0.3, -0.25) is 0 Å². The van der Waals surface area contributed by atoms with Crippen molar-refractivity contribution < 1.29 is 9.90 Å². The molecule has 2 amide bonds. The molecule has 0 bridgehead atoms. The van der Waals surface area contributed by atoms with Crippen LogP contribution in [0.15, 0.2) is 0 Å². The summed E-state index contributed by atoms with van der Waals surface area (Å²) in [4.78, 5) is 11.9. The maximum atomic E-state index is 11.9. The Bertz CT molecular complexity index is 282. The number of aliphatic hydroxyl groups is 1. The third-order valence-corrected chi connectivity index (χ3v) is 4.26. The zero-order chi connectivity index (χ0) is 15.0. The number of unbranched alkanes of at least 4 members (excludes halogenated alkanes) is 1. The van der Waals surface area contributed by atoms with Crippen LogP contribution in [0.5, 0.6) is 0 Å². The summed E-state index contributed by atoms with van der Waals surface area (Å²) in [6, 6.07) is 0.310. The van der Waals surface area contributed by atoms with Gasteiger partial charge in [0.15, 0.2) is 0 Å². The molecule has 4 atom stereocenters. The number of urea groups is 1. The highest BCUT2D eigenvalue weighted by molar-refractivity contribution is 5.74. The van der Waals surface area contributed by atoms with Gasteiger partial charge in [0, 0.05) is 12.6 Å². The number of amides is 2. The summed E-state index contributed by atoms with van der Waals surface area (Å²) >= 11 is 0. The Morgan fingerprint density at radius 3 is 2.75 bits per heavy atom. The fourth-order valence-electron chi connectivity index (χ4n) is 3.19. The smallest absolute Gasteiger partial charge is 0.315 e. The molecule has 1 aliphatic rings. The van der Waals surface area contributed by atoms with Gasteiger partial charge in [-0.25, -0.2) is 4.79 Å². The second kappa shape index (κ2) is 9.22. The lowest BCUT2D eigenvalue weighted by Gasteiger charge is -2.22. The lowest BCUT2D eigenvalue weighted by Crippen LogP contribution is -2.45. The Kier molecular flexibility index (Phi) is 7.97. The second-order valence-electron chi connectivity index (χ2n) is 6.48. The predicted molar refractivity (Wildman–Crippen MR) is 82.7 cm³/mol. The molecular weight excluding hydrogens is 252 g/mol. The van der Waals surface area contributed by atoms with Crippen molar-refractivity contribution in [1.29, 1.82) is 0 Å². The van der Waals surface area contributed by atoms with Crippen molar-refractivity contribution in [3.05, 3.63) is 0 Å². The van der Waals surface area contributed by atoms with Crippen LogP contribution in [-0.4, -0.2) is 29.8 Å². The minimum absolute atomic E-state index is 0.0455. The summed E-state index contributed by atoms with van der Waals surface area (Å²) in [6.07, 6.45) is 7.75. The molecule has 118 valence electrons. The van der Waals surface area contributed by atoms with Crippen LogP contribution in [0.3, 0.4) is 0 Å². The molecule has 1 rings (SSSR count). The van der Waals surface area contributed by atoms with Crippen LogP contribution in [0.25, 0.3) is 0 Å². The standard InChI is InChI=1S/C16H32N2O2/c1-4-5-7-14-8-6-9-15(14)18-16(20)17-11-12(2)10-13(3)19/h12-15,19H,4-11H2,1-3H3,(H2,17,18,20). The van der Waals surface area contributed by atoms with Gasteiger partial charge in [-0.05, 0) is 44.4 Å². The lowest BCUT2D eigenvalue weighted by molar-refractivity contribution is 0.163. The molecule has 20 heavy (non-hydrogen) atoms. The van der Waals surface area contributed by atoms with Crippen LogP contribution in [0.4, 0.5) is 4.79 Å². The summed E-state index contributed by atoms with van der Waals surface area (Å²) in [7, 11) is 0. The predicted octanol–water partition coefficient (Wildman–Crippen LogP) is 3.05. The molecule has 0 aliphatic heterocycles. The normalized spacial score (nSPS) is 25.2. The topological polar surface area (TPSA) is 61.4 Å². The quantitative estimate of drug-likeness (QED) is 0.641.